The first-order valence-electron chi connectivity index (χ1n) is 10.2. The summed E-state index contributed by atoms with van der Waals surface area (Å²) in [5, 5.41) is 12.5. The average molecular weight is 578 g/mol. The Bertz CT molecular complexity index is 1190. The third kappa shape index (κ3) is 6.55. The second kappa shape index (κ2) is 11.8. The average Bonchev–Trinajstić information content (AvgIpc) is 3.47. The van der Waals surface area contributed by atoms with Crippen molar-refractivity contribution in [3.05, 3.63) is 83.5 Å². The van der Waals surface area contributed by atoms with Gasteiger partial charge in [0.15, 0.2) is 5.96 Å². The minimum atomic E-state index is 0. The summed E-state index contributed by atoms with van der Waals surface area (Å²) < 4.78 is 7.23. The molecule has 0 bridgehead atoms. The molecule has 2 aromatic heterocycles. The molecule has 0 aliphatic carbocycles. The first-order valence-corrected chi connectivity index (χ1v) is 10.6. The smallest absolute Gasteiger partial charge is 0.228 e. The maximum absolute atomic E-state index is 6.04. The molecule has 0 radical (unpaired) electrons. The lowest BCUT2D eigenvalue weighted by Gasteiger charge is -2.21. The molecule has 0 saturated carbocycles. The maximum atomic E-state index is 6.04. The Morgan fingerprint density at radius 3 is 2.76 bits per heavy atom. The van der Waals surface area contributed by atoms with E-state index in [0.717, 1.165) is 22.8 Å². The van der Waals surface area contributed by atoms with Crippen LogP contribution < -0.4 is 5.32 Å². The first kappa shape index (κ1) is 24.7. The van der Waals surface area contributed by atoms with Crippen molar-refractivity contribution in [3.63, 3.8) is 0 Å². The lowest BCUT2D eigenvalue weighted by atomic mass is 10.2. The summed E-state index contributed by atoms with van der Waals surface area (Å²) in [5.74, 6) is 1.85. The molecule has 0 fully saturated rings. The number of rotatable bonds is 7. The van der Waals surface area contributed by atoms with Crippen molar-refractivity contribution in [2.75, 3.05) is 20.6 Å². The molecule has 4 rings (SSSR count). The highest BCUT2D eigenvalue weighted by atomic mass is 127. The molecule has 2 aromatic carbocycles. The third-order valence-electron chi connectivity index (χ3n) is 4.82. The number of aromatic nitrogens is 4. The number of hydrogen-bond donors (Lipinski definition) is 1. The van der Waals surface area contributed by atoms with E-state index in [9.17, 15) is 0 Å². The first-order chi connectivity index (χ1) is 15.6. The van der Waals surface area contributed by atoms with Gasteiger partial charge in [0.2, 0.25) is 11.7 Å². The fourth-order valence-electron chi connectivity index (χ4n) is 3.28. The van der Waals surface area contributed by atoms with Gasteiger partial charge in [-0.1, -0.05) is 47.1 Å². The van der Waals surface area contributed by atoms with E-state index in [4.69, 9.17) is 16.1 Å². The second-order valence-corrected chi connectivity index (χ2v) is 7.67. The van der Waals surface area contributed by atoms with Crippen LogP contribution in [-0.2, 0) is 13.0 Å². The molecule has 0 spiro atoms. The van der Waals surface area contributed by atoms with Crippen molar-refractivity contribution in [2.24, 2.45) is 4.99 Å². The lowest BCUT2D eigenvalue weighted by Crippen LogP contribution is -2.39. The number of halogens is 2. The highest BCUT2D eigenvalue weighted by molar-refractivity contribution is 14.0. The number of para-hydroxylation sites is 1. The van der Waals surface area contributed by atoms with Crippen LogP contribution in [0.15, 0.2) is 76.5 Å². The molecule has 2 heterocycles. The van der Waals surface area contributed by atoms with Gasteiger partial charge in [0, 0.05) is 56.0 Å². The molecule has 0 atom stereocenters. The van der Waals surface area contributed by atoms with Crippen LogP contribution in [0.4, 0.5) is 0 Å². The molecule has 4 aromatic rings. The van der Waals surface area contributed by atoms with Gasteiger partial charge in [0.1, 0.15) is 0 Å². The topological polar surface area (TPSA) is 84.4 Å². The summed E-state index contributed by atoms with van der Waals surface area (Å²) >= 11 is 6.04. The summed E-state index contributed by atoms with van der Waals surface area (Å²) in [5.41, 5.74) is 2.94. The lowest BCUT2D eigenvalue weighted by molar-refractivity contribution is 0.377. The summed E-state index contributed by atoms with van der Waals surface area (Å²) in [6.07, 6.45) is 4.47. The van der Waals surface area contributed by atoms with Crippen LogP contribution in [0.1, 0.15) is 11.5 Å². The molecule has 0 aliphatic rings. The Morgan fingerprint density at radius 1 is 1.18 bits per heavy atom. The fraction of sp³-hybridized carbons (Fsp3) is 0.217. The van der Waals surface area contributed by atoms with Crippen LogP contribution >= 0.6 is 35.6 Å². The number of aliphatic imine (C=N–C) groups is 1. The van der Waals surface area contributed by atoms with Crippen molar-refractivity contribution in [3.8, 4) is 17.1 Å². The van der Waals surface area contributed by atoms with E-state index in [-0.39, 0.29) is 24.0 Å². The zero-order chi connectivity index (χ0) is 22.3. The van der Waals surface area contributed by atoms with E-state index in [1.165, 1.54) is 0 Å². The number of hydrogen-bond acceptors (Lipinski definition) is 5. The Hall–Kier alpha value is -2.92. The molecule has 0 saturated heterocycles. The minimum Gasteiger partial charge on any atom is -0.356 e. The molecule has 172 valence electrons. The second-order valence-electron chi connectivity index (χ2n) is 7.23. The Kier molecular flexibility index (Phi) is 8.84. The van der Waals surface area contributed by atoms with Crippen LogP contribution in [0.25, 0.3) is 17.1 Å². The number of nitrogens with one attached hydrogen (secondary N) is 1. The molecule has 0 unspecified atom stereocenters. The van der Waals surface area contributed by atoms with Crippen LogP contribution in [-0.4, -0.2) is 51.4 Å². The van der Waals surface area contributed by atoms with Gasteiger partial charge < -0.3 is 14.7 Å². The van der Waals surface area contributed by atoms with Gasteiger partial charge in [-0.3, -0.25) is 4.99 Å². The van der Waals surface area contributed by atoms with Crippen molar-refractivity contribution >= 4 is 41.5 Å². The molecular weight excluding hydrogens is 553 g/mol. The summed E-state index contributed by atoms with van der Waals surface area (Å²) in [4.78, 5) is 10.9. The van der Waals surface area contributed by atoms with Gasteiger partial charge in [0.05, 0.1) is 11.9 Å². The van der Waals surface area contributed by atoms with Crippen LogP contribution in [0, 0.1) is 0 Å². The van der Waals surface area contributed by atoms with E-state index in [0.29, 0.717) is 36.2 Å². The Labute approximate surface area is 214 Å². The van der Waals surface area contributed by atoms with Crippen molar-refractivity contribution in [1.82, 2.24) is 30.1 Å². The van der Waals surface area contributed by atoms with Gasteiger partial charge in [0.25, 0.3) is 0 Å². The van der Waals surface area contributed by atoms with Crippen LogP contribution in [0.2, 0.25) is 5.02 Å². The van der Waals surface area contributed by atoms with Gasteiger partial charge in [-0.25, -0.2) is 4.68 Å². The van der Waals surface area contributed by atoms with Crippen LogP contribution in [0.5, 0.6) is 0 Å². The van der Waals surface area contributed by atoms with E-state index in [2.05, 4.69) is 25.5 Å². The predicted molar refractivity (Wildman–Crippen MR) is 140 cm³/mol. The summed E-state index contributed by atoms with van der Waals surface area (Å²) in [6.45, 7) is 1.28. The zero-order valence-corrected chi connectivity index (χ0v) is 21.4. The highest BCUT2D eigenvalue weighted by Gasteiger charge is 2.11. The van der Waals surface area contributed by atoms with Gasteiger partial charge in [-0.2, -0.15) is 10.1 Å². The zero-order valence-electron chi connectivity index (χ0n) is 18.3. The molecule has 8 nitrogen and oxygen atoms in total. The predicted octanol–water partition coefficient (Wildman–Crippen LogP) is 4.44. The third-order valence-corrected chi connectivity index (χ3v) is 5.06. The molecular formula is C23H25ClIN7O. The SMILES string of the molecule is CN=C(NCCc1nc(-c2cccc(Cl)c2)no1)N(C)Cc1cnn(-c2ccccc2)c1.I. The number of nitrogens with zero attached hydrogens (tertiary/aromatic N) is 6. The Balaban J connectivity index is 0.00000306. The number of benzene rings is 2. The molecule has 0 aliphatic heterocycles. The van der Waals surface area contributed by atoms with Crippen molar-refractivity contribution in [2.45, 2.75) is 13.0 Å². The molecule has 1 N–H and O–H groups in total. The van der Waals surface area contributed by atoms with E-state index in [1.54, 1.807) is 7.05 Å². The minimum absolute atomic E-state index is 0. The van der Waals surface area contributed by atoms with Gasteiger partial charge in [-0.05, 0) is 24.3 Å². The van der Waals surface area contributed by atoms with Crippen molar-refractivity contribution in [1.29, 1.82) is 0 Å². The van der Waals surface area contributed by atoms with E-state index >= 15 is 0 Å². The van der Waals surface area contributed by atoms with E-state index < -0.39 is 0 Å². The standard InChI is InChI=1S/C23H24ClN7O.HI/c1-25-23(30(2)15-17-14-27-31(16-17)20-9-4-3-5-10-20)26-12-11-21-28-22(29-32-21)18-7-6-8-19(24)13-18;/h3-10,13-14,16H,11-12,15H2,1-2H3,(H,25,26);1H. The monoisotopic (exact) mass is 577 g/mol. The van der Waals surface area contributed by atoms with Crippen molar-refractivity contribution < 1.29 is 4.52 Å². The quantitative estimate of drug-likeness (QED) is 0.199. The van der Waals surface area contributed by atoms with Gasteiger partial charge >= 0.3 is 0 Å². The maximum Gasteiger partial charge on any atom is 0.228 e. The fourth-order valence-corrected chi connectivity index (χ4v) is 3.47. The molecule has 33 heavy (non-hydrogen) atoms. The van der Waals surface area contributed by atoms with E-state index in [1.807, 2.05) is 83.6 Å². The molecule has 10 heteroatoms. The summed E-state index contributed by atoms with van der Waals surface area (Å²) in [6, 6.07) is 17.4. The molecule has 0 amide bonds. The van der Waals surface area contributed by atoms with Gasteiger partial charge in [-0.15, -0.1) is 24.0 Å². The number of guanidine groups is 1. The van der Waals surface area contributed by atoms with Crippen LogP contribution in [0.3, 0.4) is 0 Å². The largest absolute Gasteiger partial charge is 0.356 e. The normalized spacial score (nSPS) is 11.2. The summed E-state index contributed by atoms with van der Waals surface area (Å²) in [7, 11) is 3.75. The Morgan fingerprint density at radius 2 is 2.00 bits per heavy atom. The highest BCUT2D eigenvalue weighted by Crippen LogP contribution is 2.20.